The average molecular weight is 497 g/mol. The van der Waals surface area contributed by atoms with E-state index in [0.29, 0.717) is 18.4 Å². The summed E-state index contributed by atoms with van der Waals surface area (Å²) in [6, 6.07) is 3.50. The molecule has 4 heterocycles. The summed E-state index contributed by atoms with van der Waals surface area (Å²) in [7, 11) is 0. The molecule has 186 valence electrons. The summed E-state index contributed by atoms with van der Waals surface area (Å²) in [6.07, 6.45) is -6.43. The molecule has 1 aliphatic carbocycles. The number of benzene rings is 1. The number of H-pyrrole nitrogens is 1. The van der Waals surface area contributed by atoms with Gasteiger partial charge in [-0.15, -0.1) is 0 Å². The van der Waals surface area contributed by atoms with Gasteiger partial charge in [0, 0.05) is 17.7 Å². The predicted octanol–water partition coefficient (Wildman–Crippen LogP) is 3.87. The Morgan fingerprint density at radius 2 is 1.89 bits per heavy atom. The van der Waals surface area contributed by atoms with E-state index in [1.807, 2.05) is 0 Å². The number of aromatic amines is 1. The molecule has 0 spiro atoms. The van der Waals surface area contributed by atoms with E-state index >= 15 is 0 Å². The van der Waals surface area contributed by atoms with E-state index in [2.05, 4.69) is 15.3 Å². The maximum absolute atomic E-state index is 14.4. The molecular weight excluding hydrogens is 477 g/mol. The van der Waals surface area contributed by atoms with Crippen LogP contribution < -0.4 is 10.1 Å². The molecule has 1 unspecified atom stereocenters. The molecule has 3 aromatic rings. The van der Waals surface area contributed by atoms with Crippen LogP contribution >= 0.6 is 0 Å². The van der Waals surface area contributed by atoms with Crippen molar-refractivity contribution in [1.82, 2.24) is 9.97 Å². The highest BCUT2D eigenvalue weighted by molar-refractivity contribution is 5.81. The molecule has 5 atom stereocenters. The maximum atomic E-state index is 14.4. The molecule has 35 heavy (non-hydrogen) atoms. The Bertz CT molecular complexity index is 1300. The third kappa shape index (κ3) is 3.89. The summed E-state index contributed by atoms with van der Waals surface area (Å²) in [5, 5.41) is 12.6. The Balaban J connectivity index is 1.31. The normalized spacial score (nSPS) is 27.9. The first-order valence-corrected chi connectivity index (χ1v) is 11.1. The number of aromatic nitrogens is 2. The van der Waals surface area contributed by atoms with Crippen molar-refractivity contribution >= 4 is 16.9 Å². The second-order valence-corrected chi connectivity index (χ2v) is 8.96. The lowest BCUT2D eigenvalue weighted by molar-refractivity contribution is -0.137. The molecule has 12 heteroatoms. The Hall–Kier alpha value is -2.96. The topological polar surface area (TPSA) is 88.6 Å². The average Bonchev–Trinajstić information content (AvgIpc) is 3.53. The number of nitrogens with one attached hydrogen (secondary N) is 2. The summed E-state index contributed by atoms with van der Waals surface area (Å²) in [5.74, 6) is -1.82. The van der Waals surface area contributed by atoms with Crippen LogP contribution in [-0.4, -0.2) is 52.7 Å². The van der Waals surface area contributed by atoms with Crippen LogP contribution in [0.3, 0.4) is 0 Å². The van der Waals surface area contributed by atoms with Gasteiger partial charge in [0.05, 0.1) is 35.9 Å². The number of aliphatic hydroxyl groups excluding tert-OH is 1. The number of hydrogen-bond donors (Lipinski definition) is 3. The van der Waals surface area contributed by atoms with Gasteiger partial charge in [0.2, 0.25) is 0 Å². The minimum Gasteiger partial charge on any atom is -0.470 e. The van der Waals surface area contributed by atoms with E-state index < -0.39 is 59.6 Å². The van der Waals surface area contributed by atoms with E-state index in [1.165, 1.54) is 12.1 Å². The SMILES string of the molecule is O[C@@H]1CO[C@H]2[C@@H]1OC[C@H]2Oc1cc2nc(NC3CCc4cc(F)cc(F)c43)c(C(F)(F)F)cc2[nH]1. The number of fused-ring (bicyclic) bond motifs is 3. The Morgan fingerprint density at radius 3 is 2.69 bits per heavy atom. The molecule has 2 saturated heterocycles. The van der Waals surface area contributed by atoms with Crippen molar-refractivity contribution in [3.8, 4) is 5.88 Å². The Kier molecular flexibility index (Phi) is 5.17. The quantitative estimate of drug-likeness (QED) is 0.475. The standard InChI is InChI=1S/C23H20F5N3O4/c24-10-3-9-1-2-13(19(9)12(25)4-10)30-22-11(23(26,27)28)5-14-15(31-22)6-18(29-14)35-17-8-34-20-16(32)7-33-21(17)20/h3-6,13,16-17,20-21,29,32H,1-2,7-8H2,(H,30,31)/t13?,16-,17-,20-,21-/m1/s1. The highest BCUT2D eigenvalue weighted by Gasteiger charge is 2.48. The number of ether oxygens (including phenoxy) is 3. The lowest BCUT2D eigenvalue weighted by Crippen LogP contribution is -2.34. The molecule has 0 radical (unpaired) electrons. The monoisotopic (exact) mass is 497 g/mol. The van der Waals surface area contributed by atoms with Crippen molar-refractivity contribution in [2.24, 2.45) is 0 Å². The molecule has 2 aliphatic heterocycles. The van der Waals surface area contributed by atoms with Crippen LogP contribution in [0.2, 0.25) is 0 Å². The second kappa shape index (κ2) is 8.04. The minimum absolute atomic E-state index is 0.0980. The first kappa shape index (κ1) is 22.5. The zero-order valence-corrected chi connectivity index (χ0v) is 18.0. The highest BCUT2D eigenvalue weighted by atomic mass is 19.4. The third-order valence-electron chi connectivity index (χ3n) is 6.69. The number of aryl methyl sites for hydroxylation is 1. The number of aliphatic hydroxyl groups is 1. The molecule has 3 aliphatic rings. The van der Waals surface area contributed by atoms with Crippen molar-refractivity contribution in [2.45, 2.75) is 49.5 Å². The van der Waals surface area contributed by atoms with Crippen molar-refractivity contribution in [2.75, 3.05) is 18.5 Å². The number of pyridine rings is 1. The fraction of sp³-hybridized carbons (Fsp3) is 0.435. The van der Waals surface area contributed by atoms with Crippen LogP contribution in [0.4, 0.5) is 27.8 Å². The van der Waals surface area contributed by atoms with Gasteiger partial charge in [-0.25, -0.2) is 13.8 Å². The molecule has 2 fully saturated rings. The highest BCUT2D eigenvalue weighted by Crippen LogP contribution is 2.41. The first-order valence-electron chi connectivity index (χ1n) is 11.1. The maximum Gasteiger partial charge on any atom is 0.420 e. The van der Waals surface area contributed by atoms with Crippen LogP contribution in [0, 0.1) is 11.6 Å². The largest absolute Gasteiger partial charge is 0.470 e. The van der Waals surface area contributed by atoms with Crippen LogP contribution in [0.15, 0.2) is 24.3 Å². The summed E-state index contributed by atoms with van der Waals surface area (Å²) in [5.41, 5.74) is -0.157. The van der Waals surface area contributed by atoms with Crippen molar-refractivity contribution in [3.05, 3.63) is 52.6 Å². The summed E-state index contributed by atoms with van der Waals surface area (Å²) >= 11 is 0. The van der Waals surface area contributed by atoms with E-state index in [-0.39, 0.29) is 35.7 Å². The molecule has 3 N–H and O–H groups in total. The van der Waals surface area contributed by atoms with Gasteiger partial charge < -0.3 is 29.6 Å². The first-order chi connectivity index (χ1) is 16.7. The molecule has 7 nitrogen and oxygen atoms in total. The van der Waals surface area contributed by atoms with E-state index in [9.17, 15) is 27.1 Å². The van der Waals surface area contributed by atoms with Gasteiger partial charge in [0.1, 0.15) is 35.8 Å². The molecule has 6 rings (SSSR count). The molecule has 0 saturated carbocycles. The smallest absolute Gasteiger partial charge is 0.420 e. The third-order valence-corrected chi connectivity index (χ3v) is 6.69. The van der Waals surface area contributed by atoms with Gasteiger partial charge in [-0.05, 0) is 30.5 Å². The number of anilines is 1. The number of halogens is 5. The van der Waals surface area contributed by atoms with Gasteiger partial charge in [0.15, 0.2) is 12.0 Å². The summed E-state index contributed by atoms with van der Waals surface area (Å²) in [6.45, 7) is 0.272. The lowest BCUT2D eigenvalue weighted by Gasteiger charge is -2.19. The molecule has 0 bridgehead atoms. The van der Waals surface area contributed by atoms with Crippen LogP contribution in [-0.2, 0) is 22.1 Å². The predicted molar refractivity (Wildman–Crippen MR) is 112 cm³/mol. The Labute approximate surface area is 195 Å². The lowest BCUT2D eigenvalue weighted by atomic mass is 10.1. The number of alkyl halides is 3. The van der Waals surface area contributed by atoms with Gasteiger partial charge in [-0.2, -0.15) is 13.2 Å². The fourth-order valence-corrected chi connectivity index (χ4v) is 5.12. The Morgan fingerprint density at radius 1 is 1.09 bits per heavy atom. The van der Waals surface area contributed by atoms with Crippen LogP contribution in [0.5, 0.6) is 5.88 Å². The molecule has 0 amide bonds. The van der Waals surface area contributed by atoms with Crippen molar-refractivity contribution in [1.29, 1.82) is 0 Å². The van der Waals surface area contributed by atoms with Gasteiger partial charge in [-0.3, -0.25) is 0 Å². The van der Waals surface area contributed by atoms with E-state index in [1.54, 1.807) is 0 Å². The molecule has 2 aromatic heterocycles. The van der Waals surface area contributed by atoms with Gasteiger partial charge in [0.25, 0.3) is 0 Å². The van der Waals surface area contributed by atoms with Gasteiger partial charge >= 0.3 is 6.18 Å². The van der Waals surface area contributed by atoms with Crippen molar-refractivity contribution < 1.29 is 41.3 Å². The van der Waals surface area contributed by atoms with E-state index in [4.69, 9.17) is 14.2 Å². The zero-order chi connectivity index (χ0) is 24.5. The summed E-state index contributed by atoms with van der Waals surface area (Å²) in [4.78, 5) is 6.95. The van der Waals surface area contributed by atoms with Crippen LogP contribution in [0.25, 0.3) is 11.0 Å². The number of hydrogen-bond acceptors (Lipinski definition) is 6. The molecule has 1 aromatic carbocycles. The summed E-state index contributed by atoms with van der Waals surface area (Å²) < 4.78 is 86.5. The van der Waals surface area contributed by atoms with Crippen LogP contribution in [0.1, 0.15) is 29.2 Å². The van der Waals surface area contributed by atoms with E-state index in [0.717, 1.165) is 12.1 Å². The number of nitrogens with zero attached hydrogens (tertiary/aromatic N) is 1. The zero-order valence-electron chi connectivity index (χ0n) is 18.0. The van der Waals surface area contributed by atoms with Gasteiger partial charge in [-0.1, -0.05) is 0 Å². The van der Waals surface area contributed by atoms with Crippen molar-refractivity contribution in [3.63, 3.8) is 0 Å². The second-order valence-electron chi connectivity index (χ2n) is 8.96. The molecular formula is C23H20F5N3O4. The number of rotatable bonds is 4. The minimum atomic E-state index is -4.74. The fourth-order valence-electron chi connectivity index (χ4n) is 5.12.